The zero-order chi connectivity index (χ0) is 19.6. The Morgan fingerprint density at radius 2 is 1.76 bits per heavy atom. The maximum absolute atomic E-state index is 12.5. The fourth-order valence-electron chi connectivity index (χ4n) is 2.03. The number of hydrogen-bond donors (Lipinski definition) is 5. The number of nitrogens with one attached hydrogen (secondary N) is 2. The molecule has 0 aliphatic heterocycles. The quantitative estimate of drug-likeness (QED) is 0.293. The van der Waals surface area contributed by atoms with E-state index in [0.717, 1.165) is 0 Å². The van der Waals surface area contributed by atoms with E-state index in [-0.39, 0.29) is 18.8 Å². The maximum Gasteiger partial charge on any atom is 0.326 e. The summed E-state index contributed by atoms with van der Waals surface area (Å²) in [5, 5.41) is 14.2. The van der Waals surface area contributed by atoms with Crippen LogP contribution in [-0.2, 0) is 19.2 Å². The normalized spacial score (nSPS) is 15.5. The minimum atomic E-state index is -1.16. The second kappa shape index (κ2) is 11.7. The van der Waals surface area contributed by atoms with E-state index in [2.05, 4.69) is 10.6 Å². The summed E-state index contributed by atoms with van der Waals surface area (Å²) in [4.78, 5) is 46.7. The highest BCUT2D eigenvalue weighted by atomic mass is 32.2. The van der Waals surface area contributed by atoms with E-state index in [1.54, 1.807) is 6.92 Å². The molecule has 0 unspecified atom stereocenters. The molecule has 0 aromatic carbocycles. The molecular weight excluding hydrogens is 348 g/mol. The van der Waals surface area contributed by atoms with Crippen LogP contribution in [0.4, 0.5) is 0 Å². The minimum absolute atomic E-state index is 0.250. The van der Waals surface area contributed by atoms with Crippen molar-refractivity contribution in [3.8, 4) is 0 Å². The maximum atomic E-state index is 12.5. The molecular formula is C15H28N4O5S. The largest absolute Gasteiger partial charge is 0.480 e. The molecule has 0 spiro atoms. The zero-order valence-corrected chi connectivity index (χ0v) is 15.6. The molecule has 3 amide bonds. The molecule has 0 radical (unpaired) electrons. The molecule has 9 nitrogen and oxygen atoms in total. The van der Waals surface area contributed by atoms with Crippen LogP contribution in [0.5, 0.6) is 0 Å². The topological polar surface area (TPSA) is 165 Å². The number of nitrogens with two attached hydrogens (primary N) is 2. The summed E-state index contributed by atoms with van der Waals surface area (Å²) in [6, 6.07) is -3.15. The van der Waals surface area contributed by atoms with Gasteiger partial charge in [0, 0.05) is 0 Å². The van der Waals surface area contributed by atoms with E-state index in [9.17, 15) is 24.3 Å². The van der Waals surface area contributed by atoms with Crippen LogP contribution in [0.15, 0.2) is 0 Å². The predicted octanol–water partition coefficient (Wildman–Crippen LogP) is -0.957. The molecule has 0 saturated carbocycles. The van der Waals surface area contributed by atoms with Crippen LogP contribution in [0, 0.1) is 5.92 Å². The van der Waals surface area contributed by atoms with Gasteiger partial charge in [-0.3, -0.25) is 14.4 Å². The van der Waals surface area contributed by atoms with Gasteiger partial charge in [0.1, 0.15) is 12.1 Å². The summed E-state index contributed by atoms with van der Waals surface area (Å²) in [7, 11) is 0. The van der Waals surface area contributed by atoms with Crippen LogP contribution in [0.2, 0.25) is 0 Å². The Kier molecular flexibility index (Phi) is 10.8. The standard InChI is InChI=1S/C15H28N4O5S/c1-4-8(2)12(19-13(21)9(16)7-11(17)20)14(22)18-10(15(23)24)5-6-25-3/h8-10,12H,4-7,16H2,1-3H3,(H2,17,20)(H,18,22)(H,19,21)(H,23,24)/t8-,9-,10-,12-/m0/s1. The highest BCUT2D eigenvalue weighted by molar-refractivity contribution is 7.98. The lowest BCUT2D eigenvalue weighted by molar-refractivity contribution is -0.142. The third-order valence-electron chi connectivity index (χ3n) is 3.78. The van der Waals surface area contributed by atoms with Crippen molar-refractivity contribution in [1.29, 1.82) is 0 Å². The average molecular weight is 376 g/mol. The van der Waals surface area contributed by atoms with Gasteiger partial charge in [-0.2, -0.15) is 11.8 Å². The fraction of sp³-hybridized carbons (Fsp3) is 0.733. The van der Waals surface area contributed by atoms with Gasteiger partial charge in [-0.05, 0) is 24.3 Å². The lowest BCUT2D eigenvalue weighted by Gasteiger charge is -2.26. The van der Waals surface area contributed by atoms with Gasteiger partial charge < -0.3 is 27.2 Å². The van der Waals surface area contributed by atoms with Gasteiger partial charge in [0.15, 0.2) is 0 Å². The van der Waals surface area contributed by atoms with E-state index < -0.39 is 41.8 Å². The third kappa shape index (κ3) is 8.73. The van der Waals surface area contributed by atoms with Gasteiger partial charge in [-0.25, -0.2) is 4.79 Å². The van der Waals surface area contributed by atoms with Crippen molar-refractivity contribution < 1.29 is 24.3 Å². The Balaban J connectivity index is 5.05. The lowest BCUT2D eigenvalue weighted by Crippen LogP contribution is -2.57. The first-order valence-corrected chi connectivity index (χ1v) is 9.39. The molecule has 0 aromatic heterocycles. The van der Waals surface area contributed by atoms with Gasteiger partial charge in [-0.15, -0.1) is 0 Å². The van der Waals surface area contributed by atoms with Crippen LogP contribution in [0.3, 0.4) is 0 Å². The molecule has 144 valence electrons. The Bertz CT molecular complexity index is 489. The second-order valence-corrected chi connectivity index (χ2v) is 6.82. The number of amides is 3. The molecule has 0 aliphatic rings. The number of hydrogen-bond acceptors (Lipinski definition) is 6. The Labute approximate surface area is 151 Å². The van der Waals surface area contributed by atoms with Gasteiger partial charge in [0.05, 0.1) is 12.5 Å². The summed E-state index contributed by atoms with van der Waals surface area (Å²) in [6.45, 7) is 3.59. The molecule has 10 heteroatoms. The molecule has 0 saturated heterocycles. The van der Waals surface area contributed by atoms with Crippen molar-refractivity contribution in [1.82, 2.24) is 10.6 Å². The highest BCUT2D eigenvalue weighted by Gasteiger charge is 2.31. The number of thioether (sulfide) groups is 1. The van der Waals surface area contributed by atoms with Crippen LogP contribution in [0.25, 0.3) is 0 Å². The molecule has 0 aromatic rings. The van der Waals surface area contributed by atoms with Crippen LogP contribution >= 0.6 is 11.8 Å². The second-order valence-electron chi connectivity index (χ2n) is 5.83. The van der Waals surface area contributed by atoms with E-state index in [0.29, 0.717) is 12.2 Å². The third-order valence-corrected chi connectivity index (χ3v) is 4.42. The van der Waals surface area contributed by atoms with Crippen molar-refractivity contribution in [2.45, 2.75) is 51.2 Å². The molecule has 0 rings (SSSR count). The summed E-state index contributed by atoms with van der Waals surface area (Å²) in [5.41, 5.74) is 10.6. The Morgan fingerprint density at radius 1 is 1.16 bits per heavy atom. The molecule has 0 aliphatic carbocycles. The predicted molar refractivity (Wildman–Crippen MR) is 95.7 cm³/mol. The first kappa shape index (κ1) is 23.2. The molecule has 0 heterocycles. The Morgan fingerprint density at radius 3 is 2.20 bits per heavy atom. The van der Waals surface area contributed by atoms with Crippen molar-refractivity contribution >= 4 is 35.5 Å². The van der Waals surface area contributed by atoms with Crippen LogP contribution < -0.4 is 22.1 Å². The number of carbonyl (C=O) groups excluding carboxylic acids is 3. The van der Waals surface area contributed by atoms with Gasteiger partial charge in [-0.1, -0.05) is 20.3 Å². The SMILES string of the molecule is CC[C@H](C)[C@H](NC(=O)[C@@H](N)CC(N)=O)C(=O)N[C@@H](CCSC)C(=O)O. The number of carbonyl (C=O) groups is 4. The fourth-order valence-corrected chi connectivity index (χ4v) is 2.50. The number of rotatable bonds is 12. The van der Waals surface area contributed by atoms with Crippen LogP contribution in [0.1, 0.15) is 33.1 Å². The molecule has 4 atom stereocenters. The first-order valence-electron chi connectivity index (χ1n) is 8.00. The average Bonchev–Trinajstić information content (AvgIpc) is 2.54. The summed E-state index contributed by atoms with van der Waals surface area (Å²) < 4.78 is 0. The van der Waals surface area contributed by atoms with Gasteiger partial charge in [0.2, 0.25) is 17.7 Å². The molecule has 0 bridgehead atoms. The van der Waals surface area contributed by atoms with E-state index in [4.69, 9.17) is 11.5 Å². The Hall–Kier alpha value is -1.81. The van der Waals surface area contributed by atoms with Crippen molar-refractivity contribution in [2.75, 3.05) is 12.0 Å². The van der Waals surface area contributed by atoms with Crippen molar-refractivity contribution in [2.24, 2.45) is 17.4 Å². The number of carboxylic acids is 1. The number of primary amides is 1. The summed E-state index contributed by atoms with van der Waals surface area (Å²) in [5.74, 6) is -2.82. The highest BCUT2D eigenvalue weighted by Crippen LogP contribution is 2.10. The monoisotopic (exact) mass is 376 g/mol. The molecule has 25 heavy (non-hydrogen) atoms. The van der Waals surface area contributed by atoms with Crippen molar-refractivity contribution in [3.63, 3.8) is 0 Å². The molecule has 0 fully saturated rings. The first-order chi connectivity index (χ1) is 11.6. The smallest absolute Gasteiger partial charge is 0.326 e. The molecule has 7 N–H and O–H groups in total. The van der Waals surface area contributed by atoms with E-state index >= 15 is 0 Å². The van der Waals surface area contributed by atoms with Gasteiger partial charge >= 0.3 is 5.97 Å². The lowest BCUT2D eigenvalue weighted by atomic mass is 9.97. The van der Waals surface area contributed by atoms with Crippen LogP contribution in [-0.4, -0.2) is 58.9 Å². The van der Waals surface area contributed by atoms with Crippen molar-refractivity contribution in [3.05, 3.63) is 0 Å². The summed E-state index contributed by atoms with van der Waals surface area (Å²) in [6.07, 6.45) is 2.34. The van der Waals surface area contributed by atoms with E-state index in [1.807, 2.05) is 13.2 Å². The zero-order valence-electron chi connectivity index (χ0n) is 14.8. The summed E-state index contributed by atoms with van der Waals surface area (Å²) >= 11 is 1.47. The van der Waals surface area contributed by atoms with E-state index in [1.165, 1.54) is 11.8 Å². The van der Waals surface area contributed by atoms with Gasteiger partial charge in [0.25, 0.3) is 0 Å². The number of aliphatic carboxylic acids is 1. The number of carboxylic acid groups (broad SMARTS) is 1. The minimum Gasteiger partial charge on any atom is -0.480 e.